The molecule has 1 heterocycles. The van der Waals surface area contributed by atoms with Crippen LogP contribution < -0.4 is 10.1 Å². The van der Waals surface area contributed by atoms with Gasteiger partial charge in [0, 0.05) is 11.6 Å². The van der Waals surface area contributed by atoms with Gasteiger partial charge in [-0.1, -0.05) is 29.8 Å². The molecule has 1 N–H and O–H groups in total. The van der Waals surface area contributed by atoms with Gasteiger partial charge in [-0.2, -0.15) is 5.10 Å². The molecular formula is C21H23N3O2. The molecule has 26 heavy (non-hydrogen) atoms. The summed E-state index contributed by atoms with van der Waals surface area (Å²) in [6.07, 6.45) is 1.79. The van der Waals surface area contributed by atoms with E-state index in [1.807, 2.05) is 13.8 Å². The Morgan fingerprint density at radius 2 is 1.77 bits per heavy atom. The molecule has 0 spiro atoms. The fourth-order valence-corrected chi connectivity index (χ4v) is 2.58. The van der Waals surface area contributed by atoms with E-state index in [9.17, 15) is 4.79 Å². The van der Waals surface area contributed by atoms with E-state index < -0.39 is 0 Å². The van der Waals surface area contributed by atoms with Gasteiger partial charge in [-0.05, 0) is 50.6 Å². The first kappa shape index (κ1) is 17.7. The molecule has 0 atom stereocenters. The van der Waals surface area contributed by atoms with Gasteiger partial charge in [0.1, 0.15) is 11.6 Å². The van der Waals surface area contributed by atoms with E-state index in [2.05, 4.69) is 41.6 Å². The van der Waals surface area contributed by atoms with Crippen molar-refractivity contribution in [2.24, 2.45) is 0 Å². The Labute approximate surface area is 153 Å². The Hall–Kier alpha value is -3.08. The lowest BCUT2D eigenvalue weighted by Gasteiger charge is -2.11. The van der Waals surface area contributed by atoms with Crippen LogP contribution in [0.1, 0.15) is 35.3 Å². The lowest BCUT2D eigenvalue weighted by Crippen LogP contribution is -2.16. The number of anilines is 1. The van der Waals surface area contributed by atoms with Gasteiger partial charge < -0.3 is 10.1 Å². The molecule has 0 radical (unpaired) electrons. The molecule has 0 saturated heterocycles. The van der Waals surface area contributed by atoms with E-state index in [0.717, 1.165) is 11.3 Å². The summed E-state index contributed by atoms with van der Waals surface area (Å²) in [4.78, 5) is 12.5. The molecule has 5 nitrogen and oxygen atoms in total. The van der Waals surface area contributed by atoms with Crippen LogP contribution in [0, 0.1) is 6.92 Å². The SMILES string of the molecule is Cc1ccc(Cn2nccc2NC(=O)c2ccc(OC(C)C)cc2)cc1. The zero-order valence-corrected chi connectivity index (χ0v) is 15.3. The highest BCUT2D eigenvalue weighted by atomic mass is 16.5. The average Bonchev–Trinajstić information content (AvgIpc) is 3.04. The minimum atomic E-state index is -0.174. The van der Waals surface area contributed by atoms with E-state index in [1.54, 1.807) is 41.2 Å². The summed E-state index contributed by atoms with van der Waals surface area (Å²) in [6.45, 7) is 6.59. The average molecular weight is 349 g/mol. The molecule has 1 amide bonds. The Kier molecular flexibility index (Phi) is 5.37. The molecule has 3 aromatic rings. The van der Waals surface area contributed by atoms with E-state index in [4.69, 9.17) is 4.74 Å². The number of carbonyl (C=O) groups is 1. The van der Waals surface area contributed by atoms with Crippen LogP contribution in [0.4, 0.5) is 5.82 Å². The summed E-state index contributed by atoms with van der Waals surface area (Å²) < 4.78 is 7.38. The predicted molar refractivity (Wildman–Crippen MR) is 103 cm³/mol. The van der Waals surface area contributed by atoms with Crippen molar-refractivity contribution in [2.45, 2.75) is 33.4 Å². The fourth-order valence-electron chi connectivity index (χ4n) is 2.58. The highest BCUT2D eigenvalue weighted by Crippen LogP contribution is 2.16. The molecule has 0 aliphatic heterocycles. The second kappa shape index (κ2) is 7.87. The molecule has 0 aliphatic carbocycles. The molecule has 0 bridgehead atoms. The van der Waals surface area contributed by atoms with Crippen molar-refractivity contribution in [3.05, 3.63) is 77.5 Å². The maximum atomic E-state index is 12.5. The normalized spacial score (nSPS) is 10.8. The van der Waals surface area contributed by atoms with Crippen LogP contribution in [0.25, 0.3) is 0 Å². The van der Waals surface area contributed by atoms with Crippen molar-refractivity contribution in [2.75, 3.05) is 5.32 Å². The Balaban J connectivity index is 1.68. The van der Waals surface area contributed by atoms with Crippen LogP contribution >= 0.6 is 0 Å². The van der Waals surface area contributed by atoms with E-state index in [0.29, 0.717) is 17.9 Å². The number of nitrogens with one attached hydrogen (secondary N) is 1. The smallest absolute Gasteiger partial charge is 0.256 e. The molecular weight excluding hydrogens is 326 g/mol. The van der Waals surface area contributed by atoms with Crippen LogP contribution in [-0.2, 0) is 6.54 Å². The zero-order valence-electron chi connectivity index (χ0n) is 15.3. The fraction of sp³-hybridized carbons (Fsp3) is 0.238. The maximum absolute atomic E-state index is 12.5. The summed E-state index contributed by atoms with van der Waals surface area (Å²) in [6, 6.07) is 17.2. The number of ether oxygens (including phenoxy) is 1. The summed E-state index contributed by atoms with van der Waals surface area (Å²) in [5, 5.41) is 7.23. The largest absolute Gasteiger partial charge is 0.491 e. The number of aryl methyl sites for hydroxylation is 1. The number of amides is 1. The van der Waals surface area contributed by atoms with Crippen molar-refractivity contribution >= 4 is 11.7 Å². The van der Waals surface area contributed by atoms with Gasteiger partial charge in [-0.3, -0.25) is 4.79 Å². The first-order chi connectivity index (χ1) is 12.5. The van der Waals surface area contributed by atoms with Gasteiger partial charge in [0.2, 0.25) is 0 Å². The van der Waals surface area contributed by atoms with Crippen molar-refractivity contribution in [3.8, 4) is 5.75 Å². The minimum Gasteiger partial charge on any atom is -0.491 e. The number of nitrogens with zero attached hydrogens (tertiary/aromatic N) is 2. The van der Waals surface area contributed by atoms with Crippen LogP contribution in [0.2, 0.25) is 0 Å². The predicted octanol–water partition coefficient (Wildman–Crippen LogP) is 4.28. The first-order valence-electron chi connectivity index (χ1n) is 8.66. The van der Waals surface area contributed by atoms with Gasteiger partial charge in [-0.15, -0.1) is 0 Å². The highest BCUT2D eigenvalue weighted by molar-refractivity contribution is 6.03. The van der Waals surface area contributed by atoms with Crippen LogP contribution in [-0.4, -0.2) is 21.8 Å². The number of rotatable bonds is 6. The number of hydrogen-bond donors (Lipinski definition) is 1. The second-order valence-electron chi connectivity index (χ2n) is 6.50. The number of aromatic nitrogens is 2. The standard InChI is InChI=1S/C21H23N3O2/c1-15(2)26-19-10-8-18(9-11-19)21(25)23-20-12-13-22-24(20)14-17-6-4-16(3)5-7-17/h4-13,15H,14H2,1-3H3,(H,23,25). The zero-order chi connectivity index (χ0) is 18.5. The quantitative estimate of drug-likeness (QED) is 0.723. The highest BCUT2D eigenvalue weighted by Gasteiger charge is 2.10. The van der Waals surface area contributed by atoms with Gasteiger partial charge in [0.25, 0.3) is 5.91 Å². The van der Waals surface area contributed by atoms with Gasteiger partial charge in [-0.25, -0.2) is 4.68 Å². The third-order valence-corrected chi connectivity index (χ3v) is 3.90. The number of benzene rings is 2. The molecule has 3 rings (SSSR count). The molecule has 0 unspecified atom stereocenters. The molecule has 0 fully saturated rings. The molecule has 134 valence electrons. The van der Waals surface area contributed by atoms with E-state index in [1.165, 1.54) is 5.56 Å². The minimum absolute atomic E-state index is 0.103. The topological polar surface area (TPSA) is 56.2 Å². The van der Waals surface area contributed by atoms with Crippen molar-refractivity contribution < 1.29 is 9.53 Å². The lowest BCUT2D eigenvalue weighted by molar-refractivity contribution is 0.102. The third-order valence-electron chi connectivity index (χ3n) is 3.90. The maximum Gasteiger partial charge on any atom is 0.256 e. The molecule has 1 aromatic heterocycles. The Bertz CT molecular complexity index is 865. The van der Waals surface area contributed by atoms with Crippen LogP contribution in [0.5, 0.6) is 5.75 Å². The summed E-state index contributed by atoms with van der Waals surface area (Å²) in [5.74, 6) is 1.24. The summed E-state index contributed by atoms with van der Waals surface area (Å²) in [7, 11) is 0. The van der Waals surface area contributed by atoms with Crippen LogP contribution in [0.3, 0.4) is 0 Å². The molecule has 2 aromatic carbocycles. The van der Waals surface area contributed by atoms with Crippen LogP contribution in [0.15, 0.2) is 60.8 Å². The lowest BCUT2D eigenvalue weighted by atomic mass is 10.1. The Morgan fingerprint density at radius 1 is 1.08 bits per heavy atom. The number of carbonyl (C=O) groups excluding carboxylic acids is 1. The molecule has 0 saturated carbocycles. The Morgan fingerprint density at radius 3 is 2.42 bits per heavy atom. The summed E-state index contributed by atoms with van der Waals surface area (Å²) in [5.41, 5.74) is 2.92. The molecule has 5 heteroatoms. The monoisotopic (exact) mass is 349 g/mol. The third kappa shape index (κ3) is 4.51. The van der Waals surface area contributed by atoms with Gasteiger partial charge >= 0.3 is 0 Å². The van der Waals surface area contributed by atoms with E-state index >= 15 is 0 Å². The van der Waals surface area contributed by atoms with Gasteiger partial charge in [0.05, 0.1) is 18.8 Å². The second-order valence-corrected chi connectivity index (χ2v) is 6.50. The van der Waals surface area contributed by atoms with Gasteiger partial charge in [0.15, 0.2) is 0 Å². The van der Waals surface area contributed by atoms with E-state index in [-0.39, 0.29) is 12.0 Å². The van der Waals surface area contributed by atoms with Crippen molar-refractivity contribution in [1.82, 2.24) is 9.78 Å². The molecule has 0 aliphatic rings. The number of hydrogen-bond acceptors (Lipinski definition) is 3. The van der Waals surface area contributed by atoms with Crippen molar-refractivity contribution in [1.29, 1.82) is 0 Å². The first-order valence-corrected chi connectivity index (χ1v) is 8.66. The van der Waals surface area contributed by atoms with Crippen molar-refractivity contribution in [3.63, 3.8) is 0 Å². The summed E-state index contributed by atoms with van der Waals surface area (Å²) >= 11 is 0.